The van der Waals surface area contributed by atoms with E-state index in [-0.39, 0.29) is 0 Å². The first-order chi connectivity index (χ1) is 13.2. The summed E-state index contributed by atoms with van der Waals surface area (Å²) >= 11 is 0. The van der Waals surface area contributed by atoms with Gasteiger partial charge in [0.15, 0.2) is 5.65 Å². The fourth-order valence-corrected chi connectivity index (χ4v) is 3.03. The topological polar surface area (TPSA) is 64.6 Å². The predicted molar refractivity (Wildman–Crippen MR) is 105 cm³/mol. The Morgan fingerprint density at radius 3 is 2.81 bits per heavy atom. The van der Waals surface area contributed by atoms with E-state index in [1.807, 2.05) is 41.0 Å². The van der Waals surface area contributed by atoms with Crippen molar-refractivity contribution in [1.82, 2.24) is 14.6 Å². The van der Waals surface area contributed by atoms with Gasteiger partial charge in [0.2, 0.25) is 0 Å². The minimum atomic E-state index is 0.423. The molecule has 138 valence electrons. The zero-order valence-electron chi connectivity index (χ0n) is 15.6. The van der Waals surface area contributed by atoms with Crippen molar-refractivity contribution in [1.29, 1.82) is 0 Å². The van der Waals surface area contributed by atoms with Crippen molar-refractivity contribution in [3.63, 3.8) is 0 Å². The van der Waals surface area contributed by atoms with E-state index in [4.69, 9.17) is 14.3 Å². The summed E-state index contributed by atoms with van der Waals surface area (Å²) in [6, 6.07) is 13.9. The Labute approximate surface area is 157 Å². The lowest BCUT2D eigenvalue weighted by atomic mass is 9.99. The SMILES string of the molecule is COc1ccc(C(C)C)cc1-c1cnc2ccc(NCc3ccco3)nn12. The minimum absolute atomic E-state index is 0.423. The van der Waals surface area contributed by atoms with E-state index < -0.39 is 0 Å². The fraction of sp³-hybridized carbons (Fsp3) is 0.238. The normalized spacial score (nSPS) is 11.3. The van der Waals surface area contributed by atoms with Crippen LogP contribution in [0.15, 0.2) is 59.3 Å². The number of methoxy groups -OCH3 is 1. The molecule has 3 aromatic heterocycles. The summed E-state index contributed by atoms with van der Waals surface area (Å²) in [6.07, 6.45) is 3.50. The van der Waals surface area contributed by atoms with Crippen LogP contribution in [-0.2, 0) is 6.54 Å². The lowest BCUT2D eigenvalue weighted by molar-refractivity contribution is 0.416. The monoisotopic (exact) mass is 362 g/mol. The molecule has 0 saturated heterocycles. The first-order valence-corrected chi connectivity index (χ1v) is 8.95. The number of hydrogen-bond donors (Lipinski definition) is 1. The molecular formula is C21H22N4O2. The molecule has 4 rings (SSSR count). The number of nitrogens with zero attached hydrogens (tertiary/aromatic N) is 3. The Kier molecular flexibility index (Phi) is 4.54. The summed E-state index contributed by atoms with van der Waals surface area (Å²) in [5, 5.41) is 7.99. The molecule has 1 aromatic carbocycles. The van der Waals surface area contributed by atoms with Gasteiger partial charge in [-0.3, -0.25) is 0 Å². The van der Waals surface area contributed by atoms with Crippen LogP contribution in [0.1, 0.15) is 31.1 Å². The van der Waals surface area contributed by atoms with Gasteiger partial charge in [-0.15, -0.1) is 5.10 Å². The number of imidazole rings is 1. The molecule has 27 heavy (non-hydrogen) atoms. The number of benzene rings is 1. The third-order valence-corrected chi connectivity index (χ3v) is 4.55. The number of rotatable bonds is 6. The lowest BCUT2D eigenvalue weighted by Crippen LogP contribution is -2.04. The Morgan fingerprint density at radius 1 is 1.19 bits per heavy atom. The van der Waals surface area contributed by atoms with Gasteiger partial charge >= 0.3 is 0 Å². The zero-order valence-corrected chi connectivity index (χ0v) is 15.6. The summed E-state index contributed by atoms with van der Waals surface area (Å²) in [7, 11) is 1.68. The van der Waals surface area contributed by atoms with Crippen molar-refractivity contribution in [2.45, 2.75) is 26.3 Å². The van der Waals surface area contributed by atoms with Crippen molar-refractivity contribution < 1.29 is 9.15 Å². The van der Waals surface area contributed by atoms with Gasteiger partial charge < -0.3 is 14.5 Å². The number of fused-ring (bicyclic) bond motifs is 1. The van der Waals surface area contributed by atoms with Crippen molar-refractivity contribution >= 4 is 11.5 Å². The molecule has 0 atom stereocenters. The molecule has 1 N–H and O–H groups in total. The van der Waals surface area contributed by atoms with E-state index in [2.05, 4.69) is 36.3 Å². The number of anilines is 1. The molecule has 0 unspecified atom stereocenters. The summed E-state index contributed by atoms with van der Waals surface area (Å²) < 4.78 is 12.8. The van der Waals surface area contributed by atoms with Gasteiger partial charge in [0, 0.05) is 5.56 Å². The largest absolute Gasteiger partial charge is 0.496 e. The zero-order chi connectivity index (χ0) is 18.8. The Morgan fingerprint density at radius 2 is 2.07 bits per heavy atom. The fourth-order valence-electron chi connectivity index (χ4n) is 3.03. The summed E-state index contributed by atoms with van der Waals surface area (Å²) in [5.74, 6) is 2.83. The van der Waals surface area contributed by atoms with E-state index in [1.54, 1.807) is 13.4 Å². The maximum Gasteiger partial charge on any atom is 0.154 e. The van der Waals surface area contributed by atoms with Crippen LogP contribution in [0, 0.1) is 0 Å². The summed E-state index contributed by atoms with van der Waals surface area (Å²) in [5.41, 5.74) is 3.90. The molecule has 0 radical (unpaired) electrons. The molecule has 0 saturated carbocycles. The van der Waals surface area contributed by atoms with Crippen LogP contribution in [0.5, 0.6) is 5.75 Å². The molecule has 3 heterocycles. The van der Waals surface area contributed by atoms with Gasteiger partial charge in [-0.1, -0.05) is 19.9 Å². The van der Waals surface area contributed by atoms with Gasteiger partial charge in [-0.05, 0) is 47.9 Å². The van der Waals surface area contributed by atoms with E-state index in [0.29, 0.717) is 12.5 Å². The second-order valence-electron chi connectivity index (χ2n) is 6.68. The molecular weight excluding hydrogens is 340 g/mol. The van der Waals surface area contributed by atoms with Crippen molar-refractivity contribution in [2.75, 3.05) is 12.4 Å². The third kappa shape index (κ3) is 3.38. The standard InChI is InChI=1S/C21H22N4O2/c1-14(2)15-6-7-19(26-3)17(11-15)18-13-23-21-9-8-20(24-25(18)21)22-12-16-5-4-10-27-16/h4-11,13-14H,12H2,1-3H3,(H,22,24). The molecule has 6 nitrogen and oxygen atoms in total. The highest BCUT2D eigenvalue weighted by Crippen LogP contribution is 2.33. The van der Waals surface area contributed by atoms with Crippen molar-refractivity contribution in [3.05, 3.63) is 66.2 Å². The Balaban J connectivity index is 1.74. The second-order valence-corrected chi connectivity index (χ2v) is 6.68. The van der Waals surface area contributed by atoms with Gasteiger partial charge in [0.05, 0.1) is 31.8 Å². The molecule has 0 aliphatic rings. The first-order valence-electron chi connectivity index (χ1n) is 8.95. The Hall–Kier alpha value is -3.28. The van der Waals surface area contributed by atoms with Gasteiger partial charge in [-0.2, -0.15) is 0 Å². The molecule has 4 aromatic rings. The van der Waals surface area contributed by atoms with Crippen molar-refractivity contribution in [2.24, 2.45) is 0 Å². The number of furan rings is 1. The lowest BCUT2D eigenvalue weighted by Gasteiger charge is -2.13. The maximum absolute atomic E-state index is 5.58. The molecule has 6 heteroatoms. The number of aromatic nitrogens is 3. The van der Waals surface area contributed by atoms with Crippen LogP contribution >= 0.6 is 0 Å². The third-order valence-electron chi connectivity index (χ3n) is 4.55. The highest BCUT2D eigenvalue weighted by atomic mass is 16.5. The van der Waals surface area contributed by atoms with Gasteiger partial charge in [0.25, 0.3) is 0 Å². The molecule has 0 aliphatic carbocycles. The maximum atomic E-state index is 5.58. The smallest absolute Gasteiger partial charge is 0.154 e. The average molecular weight is 362 g/mol. The highest BCUT2D eigenvalue weighted by Gasteiger charge is 2.14. The summed E-state index contributed by atoms with van der Waals surface area (Å²) in [6.45, 7) is 4.92. The predicted octanol–water partition coefficient (Wildman–Crippen LogP) is 4.73. The van der Waals surface area contributed by atoms with Gasteiger partial charge in [0.1, 0.15) is 17.3 Å². The van der Waals surface area contributed by atoms with Crippen LogP contribution in [0.2, 0.25) is 0 Å². The van der Waals surface area contributed by atoms with E-state index >= 15 is 0 Å². The highest BCUT2D eigenvalue weighted by molar-refractivity contribution is 5.71. The summed E-state index contributed by atoms with van der Waals surface area (Å²) in [4.78, 5) is 4.49. The van der Waals surface area contributed by atoms with Gasteiger partial charge in [-0.25, -0.2) is 9.50 Å². The van der Waals surface area contributed by atoms with Crippen LogP contribution in [0.3, 0.4) is 0 Å². The van der Waals surface area contributed by atoms with Crippen molar-refractivity contribution in [3.8, 4) is 17.0 Å². The van der Waals surface area contributed by atoms with Crippen LogP contribution in [0.4, 0.5) is 5.82 Å². The quantitative estimate of drug-likeness (QED) is 0.537. The number of hydrogen-bond acceptors (Lipinski definition) is 5. The second kappa shape index (κ2) is 7.15. The minimum Gasteiger partial charge on any atom is -0.496 e. The van der Waals surface area contributed by atoms with Crippen LogP contribution < -0.4 is 10.1 Å². The molecule has 0 bridgehead atoms. The number of nitrogens with one attached hydrogen (secondary N) is 1. The van der Waals surface area contributed by atoms with E-state index in [1.165, 1.54) is 5.56 Å². The molecule has 0 amide bonds. The average Bonchev–Trinajstić information content (AvgIpc) is 3.35. The molecule has 0 aliphatic heterocycles. The van der Waals surface area contributed by atoms with E-state index in [9.17, 15) is 0 Å². The molecule has 0 fully saturated rings. The van der Waals surface area contributed by atoms with Crippen LogP contribution in [-0.4, -0.2) is 21.7 Å². The first kappa shape index (κ1) is 17.1. The molecule has 0 spiro atoms. The number of ether oxygens (including phenoxy) is 1. The van der Waals surface area contributed by atoms with Crippen LogP contribution in [0.25, 0.3) is 16.9 Å². The van der Waals surface area contributed by atoms with E-state index in [0.717, 1.165) is 34.2 Å². The Bertz CT molecular complexity index is 1050.